The van der Waals surface area contributed by atoms with Crippen LogP contribution in [0.1, 0.15) is 31.9 Å². The molecular weight excluding hydrogens is 280 g/mol. The van der Waals surface area contributed by atoms with Gasteiger partial charge in [-0.2, -0.15) is 0 Å². The standard InChI is InChI=1S/C15H15ClO4/c1-4-20-14(19)15(2,3)11-6-5-7-12(16)10(11)8-9-13(17)18/h5-7H,4H2,1-3H3,(H,17,18). The van der Waals surface area contributed by atoms with Crippen molar-refractivity contribution in [1.29, 1.82) is 0 Å². The highest BCUT2D eigenvalue weighted by Gasteiger charge is 2.33. The summed E-state index contributed by atoms with van der Waals surface area (Å²) >= 11 is 6.05. The van der Waals surface area contributed by atoms with E-state index in [-0.39, 0.29) is 6.61 Å². The molecule has 106 valence electrons. The highest BCUT2D eigenvalue weighted by atomic mass is 35.5. The van der Waals surface area contributed by atoms with Crippen LogP contribution in [0.5, 0.6) is 0 Å². The van der Waals surface area contributed by atoms with Crippen molar-refractivity contribution in [3.05, 3.63) is 34.3 Å². The summed E-state index contributed by atoms with van der Waals surface area (Å²) in [6.07, 6.45) is 0. The molecule has 0 heterocycles. The van der Waals surface area contributed by atoms with Crippen molar-refractivity contribution in [3.63, 3.8) is 0 Å². The van der Waals surface area contributed by atoms with Crippen LogP contribution in [0.25, 0.3) is 0 Å². The van der Waals surface area contributed by atoms with Crippen molar-refractivity contribution < 1.29 is 19.4 Å². The Morgan fingerprint density at radius 1 is 1.40 bits per heavy atom. The minimum Gasteiger partial charge on any atom is -0.472 e. The summed E-state index contributed by atoms with van der Waals surface area (Å²) in [6, 6.07) is 4.97. The summed E-state index contributed by atoms with van der Waals surface area (Å²) in [5.41, 5.74) is -0.101. The van der Waals surface area contributed by atoms with Crippen molar-refractivity contribution in [2.75, 3.05) is 6.61 Å². The first-order chi connectivity index (χ1) is 9.30. The molecule has 5 heteroatoms. The lowest BCUT2D eigenvalue weighted by molar-refractivity contribution is -0.148. The highest BCUT2D eigenvalue weighted by Crippen LogP contribution is 2.31. The summed E-state index contributed by atoms with van der Waals surface area (Å²) < 4.78 is 5.04. The number of halogens is 1. The van der Waals surface area contributed by atoms with E-state index in [0.29, 0.717) is 16.1 Å². The number of benzene rings is 1. The van der Waals surface area contributed by atoms with Crippen LogP contribution in [0, 0.1) is 11.8 Å². The van der Waals surface area contributed by atoms with E-state index >= 15 is 0 Å². The molecule has 0 spiro atoms. The third-order valence-corrected chi connectivity index (χ3v) is 3.08. The molecule has 1 rings (SSSR count). The number of carbonyl (C=O) groups is 2. The van der Waals surface area contributed by atoms with E-state index in [1.165, 1.54) is 0 Å². The van der Waals surface area contributed by atoms with Crippen LogP contribution in [0.2, 0.25) is 5.02 Å². The predicted octanol–water partition coefficient (Wildman–Crippen LogP) is 2.62. The van der Waals surface area contributed by atoms with E-state index in [4.69, 9.17) is 21.4 Å². The minimum atomic E-state index is -1.26. The summed E-state index contributed by atoms with van der Waals surface area (Å²) in [6.45, 7) is 5.35. The first-order valence-corrected chi connectivity index (χ1v) is 6.39. The Kier molecular flexibility index (Phi) is 5.18. The van der Waals surface area contributed by atoms with Gasteiger partial charge >= 0.3 is 11.9 Å². The average molecular weight is 295 g/mol. The van der Waals surface area contributed by atoms with Crippen molar-refractivity contribution in [3.8, 4) is 11.8 Å². The monoisotopic (exact) mass is 294 g/mol. The van der Waals surface area contributed by atoms with Gasteiger partial charge < -0.3 is 9.84 Å². The number of ether oxygens (including phenoxy) is 1. The van der Waals surface area contributed by atoms with Gasteiger partial charge in [-0.15, -0.1) is 0 Å². The molecule has 0 aromatic heterocycles. The van der Waals surface area contributed by atoms with Crippen molar-refractivity contribution in [1.82, 2.24) is 0 Å². The number of hydrogen-bond acceptors (Lipinski definition) is 3. The second-order valence-corrected chi connectivity index (χ2v) is 4.97. The van der Waals surface area contributed by atoms with Crippen LogP contribution in [-0.2, 0) is 19.7 Å². The molecule has 0 aliphatic heterocycles. The smallest absolute Gasteiger partial charge is 0.382 e. The van der Waals surface area contributed by atoms with E-state index in [2.05, 4.69) is 5.92 Å². The molecule has 0 atom stereocenters. The Bertz CT molecular complexity index is 594. The summed E-state index contributed by atoms with van der Waals surface area (Å²) in [5.74, 6) is 2.84. The van der Waals surface area contributed by atoms with E-state index in [9.17, 15) is 9.59 Å². The number of carbonyl (C=O) groups excluding carboxylic acids is 1. The van der Waals surface area contributed by atoms with Crippen molar-refractivity contribution >= 4 is 23.5 Å². The molecule has 0 bridgehead atoms. The molecule has 0 fully saturated rings. The second kappa shape index (κ2) is 6.44. The van der Waals surface area contributed by atoms with Gasteiger partial charge in [-0.25, -0.2) is 4.79 Å². The summed E-state index contributed by atoms with van der Waals surface area (Å²) in [7, 11) is 0. The van der Waals surface area contributed by atoms with Gasteiger partial charge in [-0.3, -0.25) is 4.79 Å². The lowest BCUT2D eigenvalue weighted by Crippen LogP contribution is -2.32. The molecule has 20 heavy (non-hydrogen) atoms. The molecule has 1 N–H and O–H groups in total. The van der Waals surface area contributed by atoms with Gasteiger partial charge in [-0.1, -0.05) is 29.7 Å². The van der Waals surface area contributed by atoms with Crippen LogP contribution < -0.4 is 0 Å². The maximum atomic E-state index is 12.0. The summed E-state index contributed by atoms with van der Waals surface area (Å²) in [5, 5.41) is 8.94. The quantitative estimate of drug-likeness (QED) is 0.687. The fourth-order valence-electron chi connectivity index (χ4n) is 1.71. The maximum Gasteiger partial charge on any atom is 0.382 e. The Balaban J connectivity index is 3.39. The molecule has 0 saturated carbocycles. The van der Waals surface area contributed by atoms with Gasteiger partial charge in [0.25, 0.3) is 0 Å². The van der Waals surface area contributed by atoms with Gasteiger partial charge in [0, 0.05) is 11.5 Å². The molecule has 1 aromatic carbocycles. The number of carboxylic acids is 1. The summed E-state index contributed by atoms with van der Waals surface area (Å²) in [4.78, 5) is 22.6. The van der Waals surface area contributed by atoms with Gasteiger partial charge in [0.2, 0.25) is 0 Å². The Hall–Kier alpha value is -1.99. The molecule has 0 radical (unpaired) electrons. The zero-order valence-electron chi connectivity index (χ0n) is 11.5. The molecular formula is C15H15ClO4. The maximum absolute atomic E-state index is 12.0. The van der Waals surface area contributed by atoms with Gasteiger partial charge in [0.05, 0.1) is 17.0 Å². The van der Waals surface area contributed by atoms with Crippen molar-refractivity contribution in [2.24, 2.45) is 0 Å². The number of rotatable bonds is 3. The molecule has 0 aliphatic carbocycles. The average Bonchev–Trinajstić information content (AvgIpc) is 2.37. The van der Waals surface area contributed by atoms with Crippen molar-refractivity contribution in [2.45, 2.75) is 26.2 Å². The number of esters is 1. The topological polar surface area (TPSA) is 63.6 Å². The van der Waals surface area contributed by atoms with E-state index in [1.54, 1.807) is 39.0 Å². The highest BCUT2D eigenvalue weighted by molar-refractivity contribution is 6.32. The second-order valence-electron chi connectivity index (χ2n) is 4.56. The van der Waals surface area contributed by atoms with Crippen LogP contribution >= 0.6 is 11.6 Å². The van der Waals surface area contributed by atoms with E-state index < -0.39 is 17.4 Å². The third kappa shape index (κ3) is 3.52. The van der Waals surface area contributed by atoms with Gasteiger partial charge in [-0.05, 0) is 32.4 Å². The zero-order valence-corrected chi connectivity index (χ0v) is 12.2. The van der Waals surface area contributed by atoms with Crippen LogP contribution in [-0.4, -0.2) is 23.7 Å². The SMILES string of the molecule is CCOC(=O)C(C)(C)c1cccc(Cl)c1C#CC(=O)O. The number of aliphatic carboxylic acids is 1. The van der Waals surface area contributed by atoms with Crippen LogP contribution in [0.15, 0.2) is 18.2 Å². The van der Waals surface area contributed by atoms with Gasteiger partial charge in [0.1, 0.15) is 0 Å². The van der Waals surface area contributed by atoms with Crippen LogP contribution in [0.3, 0.4) is 0 Å². The van der Waals surface area contributed by atoms with Crippen LogP contribution in [0.4, 0.5) is 0 Å². The molecule has 0 amide bonds. The number of carboxylic acid groups (broad SMARTS) is 1. The molecule has 0 aliphatic rings. The first-order valence-electron chi connectivity index (χ1n) is 6.01. The molecule has 4 nitrogen and oxygen atoms in total. The fourth-order valence-corrected chi connectivity index (χ4v) is 1.93. The minimum absolute atomic E-state index is 0.263. The molecule has 0 unspecified atom stereocenters. The Labute approximate surface area is 122 Å². The lowest BCUT2D eigenvalue weighted by Gasteiger charge is -2.24. The zero-order chi connectivity index (χ0) is 15.3. The number of hydrogen-bond donors (Lipinski definition) is 1. The van der Waals surface area contributed by atoms with E-state index in [1.807, 2.05) is 5.92 Å². The van der Waals surface area contributed by atoms with E-state index in [0.717, 1.165) is 0 Å². The third-order valence-electron chi connectivity index (χ3n) is 2.77. The predicted molar refractivity (Wildman–Crippen MR) is 75.6 cm³/mol. The fraction of sp³-hybridized carbons (Fsp3) is 0.333. The first kappa shape index (κ1) is 16.1. The largest absolute Gasteiger partial charge is 0.472 e. The van der Waals surface area contributed by atoms with Gasteiger partial charge in [0.15, 0.2) is 0 Å². The normalized spacial score (nSPS) is 10.4. The Morgan fingerprint density at radius 2 is 2.05 bits per heavy atom. The molecule has 1 aromatic rings. The lowest BCUT2D eigenvalue weighted by atomic mass is 9.82. The Morgan fingerprint density at radius 3 is 2.60 bits per heavy atom. The molecule has 0 saturated heterocycles.